The van der Waals surface area contributed by atoms with E-state index in [1.807, 2.05) is 0 Å². The summed E-state index contributed by atoms with van der Waals surface area (Å²) in [4.78, 5) is 22.4. The Labute approximate surface area is 149 Å². The number of amides is 1. The molecule has 0 heterocycles. The Morgan fingerprint density at radius 2 is 1.92 bits per heavy atom. The average molecular weight is 362 g/mol. The van der Waals surface area contributed by atoms with Crippen molar-refractivity contribution in [3.05, 3.63) is 64.0 Å². The second kappa shape index (κ2) is 7.81. The van der Waals surface area contributed by atoms with Crippen molar-refractivity contribution in [2.24, 2.45) is 0 Å². The van der Waals surface area contributed by atoms with Gasteiger partial charge >= 0.3 is 6.09 Å². The highest BCUT2D eigenvalue weighted by molar-refractivity contribution is 5.68. The van der Waals surface area contributed by atoms with Crippen LogP contribution in [0.25, 0.3) is 0 Å². The molecule has 0 bridgehead atoms. The van der Waals surface area contributed by atoms with Gasteiger partial charge in [0.1, 0.15) is 11.4 Å². The molecule has 0 atom stereocenters. The maximum atomic E-state index is 13.7. The molecule has 7 nitrogen and oxygen atoms in total. The van der Waals surface area contributed by atoms with Gasteiger partial charge in [-0.1, -0.05) is 12.1 Å². The maximum Gasteiger partial charge on any atom is 0.407 e. The van der Waals surface area contributed by atoms with Gasteiger partial charge in [-0.3, -0.25) is 10.1 Å². The van der Waals surface area contributed by atoms with Crippen LogP contribution in [0.3, 0.4) is 0 Å². The summed E-state index contributed by atoms with van der Waals surface area (Å²) in [5, 5.41) is 13.6. The lowest BCUT2D eigenvalue weighted by atomic mass is 10.1. The molecule has 0 aromatic heterocycles. The summed E-state index contributed by atoms with van der Waals surface area (Å²) >= 11 is 0. The zero-order chi connectivity index (χ0) is 19.3. The third-order valence-electron chi connectivity index (χ3n) is 3.13. The standard InChI is InChI=1S/C18H19FN2O5/c1-18(2,3)26-17(22)20-11-12-10-13(8-9-15(12)21(23)24)25-16-7-5-4-6-14(16)19/h4-10H,11H2,1-3H3,(H,20,22). The molecule has 0 aliphatic heterocycles. The molecule has 0 saturated carbocycles. The molecule has 0 saturated heterocycles. The number of rotatable bonds is 5. The Bertz CT molecular complexity index is 817. The molecule has 0 aliphatic rings. The fourth-order valence-electron chi connectivity index (χ4n) is 2.08. The Hall–Kier alpha value is -3.16. The number of nitrogens with zero attached hydrogens (tertiary/aromatic N) is 1. The van der Waals surface area contributed by atoms with Crippen molar-refractivity contribution in [2.45, 2.75) is 32.9 Å². The zero-order valence-corrected chi connectivity index (χ0v) is 14.6. The highest BCUT2D eigenvalue weighted by Crippen LogP contribution is 2.29. The lowest BCUT2D eigenvalue weighted by molar-refractivity contribution is -0.385. The fraction of sp³-hybridized carbons (Fsp3) is 0.278. The van der Waals surface area contributed by atoms with Crippen LogP contribution in [-0.4, -0.2) is 16.6 Å². The number of carbonyl (C=O) groups is 1. The first-order valence-electron chi connectivity index (χ1n) is 7.82. The number of ether oxygens (including phenoxy) is 2. The van der Waals surface area contributed by atoms with E-state index in [1.165, 1.54) is 36.4 Å². The van der Waals surface area contributed by atoms with Gasteiger partial charge in [-0.25, -0.2) is 9.18 Å². The molecule has 2 rings (SSSR count). The van der Waals surface area contributed by atoms with Gasteiger partial charge in [0.05, 0.1) is 17.0 Å². The SMILES string of the molecule is CC(C)(C)OC(=O)NCc1cc(Oc2ccccc2F)ccc1[N+](=O)[O-]. The highest BCUT2D eigenvalue weighted by atomic mass is 19.1. The van der Waals surface area contributed by atoms with E-state index >= 15 is 0 Å². The van der Waals surface area contributed by atoms with Crippen LogP contribution < -0.4 is 10.1 Å². The summed E-state index contributed by atoms with van der Waals surface area (Å²) < 4.78 is 24.2. The van der Waals surface area contributed by atoms with Crippen molar-refractivity contribution in [1.82, 2.24) is 5.32 Å². The van der Waals surface area contributed by atoms with Gasteiger partial charge in [-0.2, -0.15) is 0 Å². The number of nitro groups is 1. The van der Waals surface area contributed by atoms with E-state index in [9.17, 15) is 19.3 Å². The molecule has 26 heavy (non-hydrogen) atoms. The van der Waals surface area contributed by atoms with E-state index in [0.29, 0.717) is 0 Å². The quantitative estimate of drug-likeness (QED) is 0.622. The maximum absolute atomic E-state index is 13.7. The Balaban J connectivity index is 2.19. The summed E-state index contributed by atoms with van der Waals surface area (Å²) in [6, 6.07) is 9.79. The Kier molecular flexibility index (Phi) is 5.76. The van der Waals surface area contributed by atoms with E-state index in [2.05, 4.69) is 5.32 Å². The van der Waals surface area contributed by atoms with Crippen LogP contribution in [-0.2, 0) is 11.3 Å². The first-order chi connectivity index (χ1) is 12.2. The van der Waals surface area contributed by atoms with Crippen molar-refractivity contribution in [1.29, 1.82) is 0 Å². The second-order valence-electron chi connectivity index (χ2n) is 6.44. The first kappa shape index (κ1) is 19.2. The minimum Gasteiger partial charge on any atom is -0.454 e. The number of nitro benzene ring substituents is 1. The molecule has 0 unspecified atom stereocenters. The van der Waals surface area contributed by atoms with E-state index in [-0.39, 0.29) is 29.3 Å². The van der Waals surface area contributed by atoms with Gasteiger partial charge in [0.15, 0.2) is 11.6 Å². The minimum atomic E-state index is -0.702. The number of hydrogen-bond donors (Lipinski definition) is 1. The van der Waals surface area contributed by atoms with E-state index in [4.69, 9.17) is 9.47 Å². The largest absolute Gasteiger partial charge is 0.454 e. The average Bonchev–Trinajstić information content (AvgIpc) is 2.53. The lowest BCUT2D eigenvalue weighted by Crippen LogP contribution is -2.32. The van der Waals surface area contributed by atoms with E-state index in [1.54, 1.807) is 26.8 Å². The van der Waals surface area contributed by atoms with Gasteiger partial charge in [-0.05, 0) is 45.0 Å². The predicted molar refractivity (Wildman–Crippen MR) is 92.6 cm³/mol. The number of nitrogens with one attached hydrogen (secondary N) is 1. The molecule has 0 radical (unpaired) electrons. The lowest BCUT2D eigenvalue weighted by Gasteiger charge is -2.19. The van der Waals surface area contributed by atoms with Crippen LogP contribution >= 0.6 is 0 Å². The molecule has 138 valence electrons. The minimum absolute atomic E-state index is 0.00703. The van der Waals surface area contributed by atoms with Crippen LogP contribution in [0.1, 0.15) is 26.3 Å². The third-order valence-corrected chi connectivity index (χ3v) is 3.13. The molecule has 1 N–H and O–H groups in total. The van der Waals surface area contributed by atoms with Crippen molar-refractivity contribution in [2.75, 3.05) is 0 Å². The summed E-state index contributed by atoms with van der Waals surface area (Å²) in [7, 11) is 0. The van der Waals surface area contributed by atoms with Gasteiger partial charge in [-0.15, -0.1) is 0 Å². The van der Waals surface area contributed by atoms with Crippen LogP contribution in [0, 0.1) is 15.9 Å². The normalized spacial score (nSPS) is 10.9. The molecule has 0 spiro atoms. The predicted octanol–water partition coefficient (Wildman–Crippen LogP) is 4.55. The summed E-state index contributed by atoms with van der Waals surface area (Å²) in [6.07, 6.45) is -0.702. The molecular formula is C18H19FN2O5. The van der Waals surface area contributed by atoms with E-state index in [0.717, 1.165) is 0 Å². The summed E-state index contributed by atoms with van der Waals surface area (Å²) in [5.41, 5.74) is -0.678. The fourth-order valence-corrected chi connectivity index (χ4v) is 2.08. The number of halogens is 1. The summed E-state index contributed by atoms with van der Waals surface area (Å²) in [6.45, 7) is 4.98. The molecule has 2 aromatic rings. The molecular weight excluding hydrogens is 343 g/mol. The molecule has 0 fully saturated rings. The van der Waals surface area contributed by atoms with Crippen LogP contribution in [0.15, 0.2) is 42.5 Å². The number of hydrogen-bond acceptors (Lipinski definition) is 5. The van der Waals surface area contributed by atoms with E-state index < -0.39 is 22.4 Å². The Morgan fingerprint density at radius 1 is 1.23 bits per heavy atom. The molecule has 0 aliphatic carbocycles. The van der Waals surface area contributed by atoms with Crippen molar-refractivity contribution < 1.29 is 23.6 Å². The zero-order valence-electron chi connectivity index (χ0n) is 14.6. The Morgan fingerprint density at radius 3 is 2.54 bits per heavy atom. The van der Waals surface area contributed by atoms with Crippen LogP contribution in [0.5, 0.6) is 11.5 Å². The highest BCUT2D eigenvalue weighted by Gasteiger charge is 2.19. The number of carbonyl (C=O) groups excluding carboxylic acids is 1. The van der Waals surface area contributed by atoms with Gasteiger partial charge in [0.25, 0.3) is 5.69 Å². The monoisotopic (exact) mass is 362 g/mol. The van der Waals surface area contributed by atoms with Crippen molar-refractivity contribution in [3.8, 4) is 11.5 Å². The van der Waals surface area contributed by atoms with Crippen molar-refractivity contribution >= 4 is 11.8 Å². The number of para-hydroxylation sites is 1. The smallest absolute Gasteiger partial charge is 0.407 e. The molecule has 1 amide bonds. The summed E-state index contributed by atoms with van der Waals surface area (Å²) in [5.74, 6) is -0.353. The van der Waals surface area contributed by atoms with Crippen LogP contribution in [0.4, 0.5) is 14.9 Å². The van der Waals surface area contributed by atoms with Gasteiger partial charge in [0, 0.05) is 6.07 Å². The topological polar surface area (TPSA) is 90.7 Å². The first-order valence-corrected chi connectivity index (χ1v) is 7.82. The number of benzene rings is 2. The number of alkyl carbamates (subject to hydrolysis) is 1. The third kappa shape index (κ3) is 5.44. The second-order valence-corrected chi connectivity index (χ2v) is 6.44. The molecule has 2 aromatic carbocycles. The van der Waals surface area contributed by atoms with Gasteiger partial charge < -0.3 is 14.8 Å². The van der Waals surface area contributed by atoms with Gasteiger partial charge in [0.2, 0.25) is 0 Å². The molecule has 8 heteroatoms. The van der Waals surface area contributed by atoms with Crippen molar-refractivity contribution in [3.63, 3.8) is 0 Å². The van der Waals surface area contributed by atoms with Crippen LogP contribution in [0.2, 0.25) is 0 Å².